The lowest BCUT2D eigenvalue weighted by Crippen LogP contribution is -2.13. The molecule has 0 bridgehead atoms. The van der Waals surface area contributed by atoms with Gasteiger partial charge in [-0.3, -0.25) is 14.5 Å². The lowest BCUT2D eigenvalue weighted by atomic mass is 10.0. The molecule has 0 spiro atoms. The Hall–Kier alpha value is -4.28. The highest BCUT2D eigenvalue weighted by molar-refractivity contribution is 6.03. The second-order valence-corrected chi connectivity index (χ2v) is 7.17. The quantitative estimate of drug-likeness (QED) is 0.280. The Morgan fingerprint density at radius 1 is 0.970 bits per heavy atom. The Morgan fingerprint density at radius 2 is 1.73 bits per heavy atom. The highest BCUT2D eigenvalue weighted by atomic mass is 19.4. The molecule has 5 rings (SSSR count). The van der Waals surface area contributed by atoms with Crippen LogP contribution >= 0.6 is 0 Å². The van der Waals surface area contributed by atoms with Gasteiger partial charge in [-0.05, 0) is 47.5 Å². The summed E-state index contributed by atoms with van der Waals surface area (Å²) in [6.07, 6.45) is -3.58. The van der Waals surface area contributed by atoms with Gasteiger partial charge >= 0.3 is 6.18 Å². The number of aromatic nitrogens is 4. The van der Waals surface area contributed by atoms with Gasteiger partial charge in [0.05, 0.1) is 16.6 Å². The minimum absolute atomic E-state index is 0.0350. The van der Waals surface area contributed by atoms with Crippen LogP contribution in [0.5, 0.6) is 0 Å². The van der Waals surface area contributed by atoms with Crippen LogP contribution in [0, 0.1) is 11.8 Å². The molecule has 0 radical (unpaired) electrons. The summed E-state index contributed by atoms with van der Waals surface area (Å²) < 4.78 is 67.6. The molecule has 2 aromatic carbocycles. The monoisotopic (exact) mass is 457 g/mol. The average Bonchev–Trinajstić information content (AvgIpc) is 3.37. The van der Waals surface area contributed by atoms with Crippen LogP contribution in [0.2, 0.25) is 0 Å². The molecule has 0 aliphatic carbocycles. The van der Waals surface area contributed by atoms with Crippen LogP contribution in [-0.4, -0.2) is 25.3 Å². The molecule has 0 saturated heterocycles. The van der Waals surface area contributed by atoms with E-state index in [0.717, 1.165) is 16.5 Å². The number of hydrogen-bond donors (Lipinski definition) is 2. The molecule has 33 heavy (non-hydrogen) atoms. The fourth-order valence-electron chi connectivity index (χ4n) is 3.42. The van der Waals surface area contributed by atoms with Gasteiger partial charge in [0.25, 0.3) is 5.91 Å². The van der Waals surface area contributed by atoms with Crippen molar-refractivity contribution >= 4 is 28.5 Å². The zero-order chi connectivity index (χ0) is 23.3. The normalized spacial score (nSPS) is 11.9. The third-order valence-corrected chi connectivity index (χ3v) is 5.00. The number of imidazole rings is 2. The number of carbonyl (C=O) groups is 1. The SMILES string of the molecule is O=C(Nc1nc2cc(-c3ccc(F)c(C(F)(F)F)c3)ccc2[nH]1)c1cn2c(F)cccc2n1. The number of anilines is 1. The first-order valence-corrected chi connectivity index (χ1v) is 9.51. The van der Waals surface area contributed by atoms with E-state index in [0.29, 0.717) is 16.6 Å². The van der Waals surface area contributed by atoms with Crippen molar-refractivity contribution in [3.63, 3.8) is 0 Å². The van der Waals surface area contributed by atoms with Crippen molar-refractivity contribution in [2.45, 2.75) is 6.18 Å². The molecule has 0 atom stereocenters. The number of fused-ring (bicyclic) bond motifs is 2. The standard InChI is InChI=1S/C22H12F5N5O/c23-14-6-4-11(8-13(14)22(25,26)27)12-5-7-15-16(9-12)30-21(29-15)31-20(33)17-10-32-18(24)2-1-3-19(32)28-17/h1-10H,(H2,29,30,31,33). The van der Waals surface area contributed by atoms with Crippen molar-refractivity contribution in [2.75, 3.05) is 5.32 Å². The summed E-state index contributed by atoms with van der Waals surface area (Å²) in [7, 11) is 0. The van der Waals surface area contributed by atoms with Gasteiger partial charge < -0.3 is 4.98 Å². The summed E-state index contributed by atoms with van der Waals surface area (Å²) in [4.78, 5) is 23.7. The number of alkyl halides is 3. The number of aromatic amines is 1. The molecule has 3 heterocycles. The number of rotatable bonds is 3. The third kappa shape index (κ3) is 3.77. The largest absolute Gasteiger partial charge is 0.419 e. The molecule has 0 aliphatic rings. The number of pyridine rings is 1. The average molecular weight is 457 g/mol. The maximum Gasteiger partial charge on any atom is 0.419 e. The molecule has 3 aromatic heterocycles. The van der Waals surface area contributed by atoms with E-state index in [2.05, 4.69) is 20.3 Å². The molecule has 1 amide bonds. The first-order chi connectivity index (χ1) is 15.7. The Kier molecular flexibility index (Phi) is 4.62. The first kappa shape index (κ1) is 20.6. The number of amides is 1. The summed E-state index contributed by atoms with van der Waals surface area (Å²) in [5.41, 5.74) is 0.271. The Labute approximate surface area is 181 Å². The van der Waals surface area contributed by atoms with E-state index >= 15 is 0 Å². The van der Waals surface area contributed by atoms with E-state index in [9.17, 15) is 26.7 Å². The van der Waals surface area contributed by atoms with Gasteiger partial charge in [-0.25, -0.2) is 14.4 Å². The van der Waals surface area contributed by atoms with Crippen LogP contribution in [-0.2, 0) is 6.18 Å². The highest BCUT2D eigenvalue weighted by Crippen LogP contribution is 2.34. The summed E-state index contributed by atoms with van der Waals surface area (Å²) in [5.74, 6) is -2.50. The van der Waals surface area contributed by atoms with Crippen LogP contribution in [0.3, 0.4) is 0 Å². The zero-order valence-corrected chi connectivity index (χ0v) is 16.4. The zero-order valence-electron chi connectivity index (χ0n) is 16.4. The van der Waals surface area contributed by atoms with E-state index < -0.39 is 29.4 Å². The van der Waals surface area contributed by atoms with E-state index in [1.807, 2.05) is 0 Å². The van der Waals surface area contributed by atoms with E-state index in [-0.39, 0.29) is 22.9 Å². The Balaban J connectivity index is 1.44. The number of H-pyrrole nitrogens is 1. The molecule has 6 nitrogen and oxygen atoms in total. The number of benzene rings is 2. The van der Waals surface area contributed by atoms with Gasteiger partial charge in [0.2, 0.25) is 5.95 Å². The molecule has 0 aliphatic heterocycles. The van der Waals surface area contributed by atoms with E-state index in [1.165, 1.54) is 30.5 Å². The van der Waals surface area contributed by atoms with Crippen molar-refractivity contribution in [3.05, 3.63) is 83.8 Å². The molecule has 5 aromatic rings. The highest BCUT2D eigenvalue weighted by Gasteiger charge is 2.34. The van der Waals surface area contributed by atoms with Crippen molar-refractivity contribution < 1.29 is 26.7 Å². The van der Waals surface area contributed by atoms with Crippen LogP contribution in [0.25, 0.3) is 27.8 Å². The number of halogens is 5. The topological polar surface area (TPSA) is 75.1 Å². The number of nitrogens with one attached hydrogen (secondary N) is 2. The second kappa shape index (κ2) is 7.40. The van der Waals surface area contributed by atoms with Crippen LogP contribution in [0.15, 0.2) is 60.8 Å². The summed E-state index contributed by atoms with van der Waals surface area (Å²) in [6.45, 7) is 0. The van der Waals surface area contributed by atoms with E-state index in [4.69, 9.17) is 0 Å². The van der Waals surface area contributed by atoms with Crippen LogP contribution in [0.1, 0.15) is 16.1 Å². The lowest BCUT2D eigenvalue weighted by Gasteiger charge is -2.10. The summed E-state index contributed by atoms with van der Waals surface area (Å²) in [5, 5.41) is 2.52. The van der Waals surface area contributed by atoms with Gasteiger partial charge in [0.1, 0.15) is 17.2 Å². The number of nitrogens with zero attached hydrogens (tertiary/aromatic N) is 3. The molecule has 0 unspecified atom stereocenters. The minimum atomic E-state index is -4.82. The van der Waals surface area contributed by atoms with Crippen molar-refractivity contribution in [1.82, 2.24) is 19.4 Å². The second-order valence-electron chi connectivity index (χ2n) is 7.17. The van der Waals surface area contributed by atoms with Gasteiger partial charge in [-0.15, -0.1) is 0 Å². The lowest BCUT2D eigenvalue weighted by molar-refractivity contribution is -0.139. The van der Waals surface area contributed by atoms with Gasteiger partial charge in [-0.2, -0.15) is 17.6 Å². The van der Waals surface area contributed by atoms with Crippen LogP contribution < -0.4 is 5.32 Å². The summed E-state index contributed by atoms with van der Waals surface area (Å²) >= 11 is 0. The van der Waals surface area contributed by atoms with Crippen LogP contribution in [0.4, 0.5) is 27.9 Å². The maximum atomic E-state index is 13.8. The molecular weight excluding hydrogens is 445 g/mol. The van der Waals surface area contributed by atoms with Crippen molar-refractivity contribution in [1.29, 1.82) is 0 Å². The minimum Gasteiger partial charge on any atom is -0.324 e. The maximum absolute atomic E-state index is 13.8. The third-order valence-electron chi connectivity index (χ3n) is 5.00. The predicted molar refractivity (Wildman–Crippen MR) is 110 cm³/mol. The molecule has 0 fully saturated rings. The fourth-order valence-corrected chi connectivity index (χ4v) is 3.42. The molecule has 166 valence electrons. The molecule has 2 N–H and O–H groups in total. The fraction of sp³-hybridized carbons (Fsp3) is 0.0455. The van der Waals surface area contributed by atoms with Gasteiger partial charge in [0.15, 0.2) is 5.95 Å². The number of hydrogen-bond acceptors (Lipinski definition) is 3. The molecule has 11 heteroatoms. The Morgan fingerprint density at radius 3 is 2.48 bits per heavy atom. The molecule has 0 saturated carbocycles. The van der Waals surface area contributed by atoms with Gasteiger partial charge in [0, 0.05) is 6.20 Å². The first-order valence-electron chi connectivity index (χ1n) is 9.51. The van der Waals surface area contributed by atoms with E-state index in [1.54, 1.807) is 18.2 Å². The predicted octanol–water partition coefficient (Wildman–Crippen LogP) is 5.43. The smallest absolute Gasteiger partial charge is 0.324 e. The molecular formula is C22H12F5N5O. The van der Waals surface area contributed by atoms with Crippen molar-refractivity contribution in [2.24, 2.45) is 0 Å². The van der Waals surface area contributed by atoms with Gasteiger partial charge in [-0.1, -0.05) is 18.2 Å². The Bertz CT molecular complexity index is 1540. The van der Waals surface area contributed by atoms with Crippen molar-refractivity contribution in [3.8, 4) is 11.1 Å². The number of carbonyl (C=O) groups excluding carboxylic acids is 1. The summed E-state index contributed by atoms with van der Waals surface area (Å²) in [6, 6.07) is 11.6.